The van der Waals surface area contributed by atoms with Crippen LogP contribution in [-0.2, 0) is 9.59 Å². The van der Waals surface area contributed by atoms with Crippen molar-refractivity contribution in [1.29, 1.82) is 0 Å². The maximum atomic E-state index is 12.0. The lowest BCUT2D eigenvalue weighted by Crippen LogP contribution is -2.32. The van der Waals surface area contributed by atoms with E-state index in [9.17, 15) is 9.59 Å². The number of carbonyl (C=O) groups is 2. The molecule has 0 aliphatic rings. The van der Waals surface area contributed by atoms with Gasteiger partial charge in [-0.15, -0.1) is 0 Å². The molecule has 2 amide bonds. The van der Waals surface area contributed by atoms with E-state index in [-0.39, 0.29) is 0 Å². The van der Waals surface area contributed by atoms with Gasteiger partial charge < -0.3 is 15.4 Å². The topological polar surface area (TPSA) is 91.8 Å². The average Bonchev–Trinajstić information content (AvgIpc) is 2.76. The number of nitrogens with zero attached hydrogens (tertiary/aromatic N) is 1. The molecule has 7 nitrogen and oxygen atoms in total. The van der Waals surface area contributed by atoms with Crippen molar-refractivity contribution >= 4 is 35.1 Å². The summed E-state index contributed by atoms with van der Waals surface area (Å²) >= 11 is 0. The lowest BCUT2D eigenvalue weighted by molar-refractivity contribution is -0.136. The molecule has 0 saturated carbocycles. The molecular formula is C23H22N4O3. The summed E-state index contributed by atoms with van der Waals surface area (Å²) in [4.78, 5) is 24.0. The second kappa shape index (κ2) is 9.88. The van der Waals surface area contributed by atoms with E-state index in [2.05, 4.69) is 21.2 Å². The van der Waals surface area contributed by atoms with E-state index in [4.69, 9.17) is 4.74 Å². The Kier molecular flexibility index (Phi) is 6.78. The Labute approximate surface area is 174 Å². The van der Waals surface area contributed by atoms with E-state index in [1.807, 2.05) is 55.5 Å². The first-order chi connectivity index (χ1) is 14.6. The van der Waals surface area contributed by atoms with E-state index >= 15 is 0 Å². The minimum Gasteiger partial charge on any atom is -0.495 e. The standard InChI is InChI=1S/C23H22N4O3/c1-16-9-6-7-13-19(16)26-21-17(10-8-14-20(21)30-2)15-24-27-23(29)22(28)25-18-11-4-3-5-12-18/h3-15,26H,1-2H3,(H,25,28)(H,27,29)/b24-15-. The van der Waals surface area contributed by atoms with Crippen LogP contribution in [0.2, 0.25) is 0 Å². The van der Waals surface area contributed by atoms with Crippen LogP contribution in [0.3, 0.4) is 0 Å². The predicted octanol–water partition coefficient (Wildman–Crippen LogP) is 3.84. The van der Waals surface area contributed by atoms with Crippen molar-refractivity contribution < 1.29 is 14.3 Å². The maximum absolute atomic E-state index is 12.0. The van der Waals surface area contributed by atoms with Crippen LogP contribution < -0.4 is 20.8 Å². The zero-order valence-electron chi connectivity index (χ0n) is 16.7. The molecule has 152 valence electrons. The summed E-state index contributed by atoms with van der Waals surface area (Å²) in [6.07, 6.45) is 1.46. The normalized spacial score (nSPS) is 10.5. The van der Waals surface area contributed by atoms with Crippen LogP contribution in [0.25, 0.3) is 0 Å². The summed E-state index contributed by atoms with van der Waals surface area (Å²) in [7, 11) is 1.58. The minimum absolute atomic E-state index is 0.527. The molecule has 3 N–H and O–H groups in total. The van der Waals surface area contributed by atoms with Crippen LogP contribution in [0.4, 0.5) is 17.1 Å². The maximum Gasteiger partial charge on any atom is 0.329 e. The molecule has 0 unspecified atom stereocenters. The van der Waals surface area contributed by atoms with E-state index in [1.165, 1.54) is 6.21 Å². The van der Waals surface area contributed by atoms with Gasteiger partial charge in [0.2, 0.25) is 0 Å². The van der Waals surface area contributed by atoms with Crippen molar-refractivity contribution in [2.75, 3.05) is 17.7 Å². The molecule has 0 heterocycles. The van der Waals surface area contributed by atoms with Gasteiger partial charge in [-0.1, -0.05) is 48.5 Å². The molecule has 0 saturated heterocycles. The number of benzene rings is 3. The number of aryl methyl sites for hydroxylation is 1. The average molecular weight is 402 g/mol. The van der Waals surface area contributed by atoms with Gasteiger partial charge in [-0.2, -0.15) is 5.10 Å². The van der Waals surface area contributed by atoms with Crippen LogP contribution in [0.5, 0.6) is 5.75 Å². The lowest BCUT2D eigenvalue weighted by atomic mass is 10.1. The highest BCUT2D eigenvalue weighted by atomic mass is 16.5. The Balaban J connectivity index is 1.72. The van der Waals surface area contributed by atoms with Gasteiger partial charge in [-0.3, -0.25) is 9.59 Å². The first kappa shape index (κ1) is 20.6. The summed E-state index contributed by atoms with van der Waals surface area (Å²) in [6, 6.07) is 22.0. The van der Waals surface area contributed by atoms with E-state index in [0.29, 0.717) is 22.7 Å². The molecule has 0 aliphatic heterocycles. The van der Waals surface area contributed by atoms with Crippen LogP contribution in [0.15, 0.2) is 77.9 Å². The first-order valence-corrected chi connectivity index (χ1v) is 9.27. The summed E-state index contributed by atoms with van der Waals surface area (Å²) in [5.74, 6) is -1.05. The van der Waals surface area contributed by atoms with Crippen molar-refractivity contribution in [1.82, 2.24) is 5.43 Å². The van der Waals surface area contributed by atoms with Crippen molar-refractivity contribution in [2.24, 2.45) is 5.10 Å². The van der Waals surface area contributed by atoms with Crippen LogP contribution in [-0.4, -0.2) is 25.1 Å². The number of methoxy groups -OCH3 is 1. The fourth-order valence-electron chi connectivity index (χ4n) is 2.73. The predicted molar refractivity (Wildman–Crippen MR) is 118 cm³/mol. The van der Waals surface area contributed by atoms with E-state index in [0.717, 1.165) is 11.3 Å². The third-order valence-electron chi connectivity index (χ3n) is 4.29. The Morgan fingerprint density at radius 3 is 2.37 bits per heavy atom. The van der Waals surface area contributed by atoms with Gasteiger partial charge in [0.05, 0.1) is 19.0 Å². The largest absolute Gasteiger partial charge is 0.495 e. The van der Waals surface area contributed by atoms with E-state index in [1.54, 1.807) is 31.4 Å². The number of nitrogens with one attached hydrogen (secondary N) is 3. The van der Waals surface area contributed by atoms with Crippen molar-refractivity contribution in [3.63, 3.8) is 0 Å². The van der Waals surface area contributed by atoms with Gasteiger partial charge in [-0.25, -0.2) is 5.43 Å². The number of hydrogen-bond acceptors (Lipinski definition) is 5. The monoisotopic (exact) mass is 402 g/mol. The second-order valence-corrected chi connectivity index (χ2v) is 6.38. The molecule has 0 atom stereocenters. The number of rotatable bonds is 6. The second-order valence-electron chi connectivity index (χ2n) is 6.38. The van der Waals surface area contributed by atoms with Gasteiger partial charge in [0.25, 0.3) is 0 Å². The molecule has 7 heteroatoms. The van der Waals surface area contributed by atoms with Crippen LogP contribution >= 0.6 is 0 Å². The Morgan fingerprint density at radius 2 is 1.63 bits per heavy atom. The van der Waals surface area contributed by atoms with Crippen LogP contribution in [0, 0.1) is 6.92 Å². The number of hydrogen-bond donors (Lipinski definition) is 3. The fraction of sp³-hybridized carbons (Fsp3) is 0.0870. The summed E-state index contributed by atoms with van der Waals surface area (Å²) in [6.45, 7) is 2.00. The molecule has 3 aromatic carbocycles. The number of hydrazone groups is 1. The molecule has 0 radical (unpaired) electrons. The first-order valence-electron chi connectivity index (χ1n) is 9.27. The number of carbonyl (C=O) groups excluding carboxylic acids is 2. The highest BCUT2D eigenvalue weighted by Gasteiger charge is 2.13. The summed E-state index contributed by atoms with van der Waals surface area (Å²) in [5.41, 5.74) is 6.13. The molecule has 3 rings (SSSR count). The smallest absolute Gasteiger partial charge is 0.329 e. The SMILES string of the molecule is COc1cccc(/C=N\NC(=O)C(=O)Nc2ccccc2)c1Nc1ccccc1C. The molecule has 0 aliphatic carbocycles. The quantitative estimate of drug-likeness (QED) is 0.332. The number of amides is 2. The fourth-order valence-corrected chi connectivity index (χ4v) is 2.73. The van der Waals surface area contributed by atoms with Gasteiger partial charge in [-0.05, 0) is 36.8 Å². The Morgan fingerprint density at radius 1 is 0.900 bits per heavy atom. The third kappa shape index (κ3) is 5.23. The van der Waals surface area contributed by atoms with Crippen LogP contribution in [0.1, 0.15) is 11.1 Å². The zero-order chi connectivity index (χ0) is 21.3. The molecule has 0 bridgehead atoms. The van der Waals surface area contributed by atoms with Crippen molar-refractivity contribution in [2.45, 2.75) is 6.92 Å². The van der Waals surface area contributed by atoms with Gasteiger partial charge >= 0.3 is 11.8 Å². The van der Waals surface area contributed by atoms with Crippen molar-refractivity contribution in [3.05, 3.63) is 83.9 Å². The molecule has 0 fully saturated rings. The molecule has 30 heavy (non-hydrogen) atoms. The van der Waals surface area contributed by atoms with Gasteiger partial charge in [0, 0.05) is 16.9 Å². The minimum atomic E-state index is -0.869. The van der Waals surface area contributed by atoms with E-state index < -0.39 is 11.8 Å². The Bertz CT molecular complexity index is 1070. The molecule has 0 aromatic heterocycles. The highest BCUT2D eigenvalue weighted by Crippen LogP contribution is 2.31. The highest BCUT2D eigenvalue weighted by molar-refractivity contribution is 6.39. The number of anilines is 3. The molecule has 0 spiro atoms. The number of ether oxygens (including phenoxy) is 1. The molecular weight excluding hydrogens is 380 g/mol. The summed E-state index contributed by atoms with van der Waals surface area (Å²) in [5, 5.41) is 9.77. The van der Waals surface area contributed by atoms with Crippen molar-refractivity contribution in [3.8, 4) is 5.75 Å². The lowest BCUT2D eigenvalue weighted by Gasteiger charge is -2.15. The number of para-hydroxylation sites is 3. The zero-order valence-corrected chi connectivity index (χ0v) is 16.7. The molecule has 3 aromatic rings. The Hall–Kier alpha value is -4.13. The van der Waals surface area contributed by atoms with Gasteiger partial charge in [0.1, 0.15) is 5.75 Å². The summed E-state index contributed by atoms with van der Waals surface area (Å²) < 4.78 is 5.45. The third-order valence-corrected chi connectivity index (χ3v) is 4.29. The van der Waals surface area contributed by atoms with Gasteiger partial charge in [0.15, 0.2) is 0 Å².